The van der Waals surface area contributed by atoms with Gasteiger partial charge >= 0.3 is 0 Å². The molecule has 5 heterocycles. The molecule has 1 aromatic carbocycles. The van der Waals surface area contributed by atoms with Crippen molar-refractivity contribution in [2.45, 2.75) is 25.7 Å². The lowest BCUT2D eigenvalue weighted by Gasteiger charge is -2.32. The van der Waals surface area contributed by atoms with Crippen LogP contribution in [0.25, 0.3) is 11.2 Å². The average molecular weight is 552 g/mol. The number of amides is 1. The second kappa shape index (κ2) is 11.4. The summed E-state index contributed by atoms with van der Waals surface area (Å²) in [5.74, 6) is 2.43. The largest absolute Gasteiger partial charge is 0.457 e. The van der Waals surface area contributed by atoms with Gasteiger partial charge in [-0.3, -0.25) is 4.79 Å². The van der Waals surface area contributed by atoms with Crippen molar-refractivity contribution in [3.8, 4) is 11.5 Å². The van der Waals surface area contributed by atoms with E-state index < -0.39 is 0 Å². The fourth-order valence-electron chi connectivity index (χ4n) is 5.27. The van der Waals surface area contributed by atoms with Gasteiger partial charge in [-0.05, 0) is 75.3 Å². The molecule has 1 atom stereocenters. The highest BCUT2D eigenvalue weighted by molar-refractivity contribution is 5.88. The second-order valence-corrected chi connectivity index (χ2v) is 10.6. The molecule has 0 saturated carbocycles. The predicted molar refractivity (Wildman–Crippen MR) is 157 cm³/mol. The smallest absolute Gasteiger partial charge is 0.246 e. The van der Waals surface area contributed by atoms with Crippen molar-refractivity contribution < 1.29 is 9.53 Å². The zero-order valence-electron chi connectivity index (χ0n) is 23.4. The highest BCUT2D eigenvalue weighted by Gasteiger charge is 2.27. The first kappa shape index (κ1) is 26.5. The monoisotopic (exact) mass is 551 g/mol. The molecule has 1 aliphatic heterocycles. The number of hydrogen-bond donors (Lipinski definition) is 1. The van der Waals surface area contributed by atoms with Crippen LogP contribution in [0.3, 0.4) is 0 Å². The summed E-state index contributed by atoms with van der Waals surface area (Å²) in [5, 5.41) is 12.1. The van der Waals surface area contributed by atoms with E-state index in [1.165, 1.54) is 6.33 Å². The first-order valence-electron chi connectivity index (χ1n) is 13.7. The molecule has 0 spiro atoms. The van der Waals surface area contributed by atoms with Gasteiger partial charge in [-0.1, -0.05) is 6.08 Å². The normalized spacial score (nSPS) is 15.8. The standard InChI is InChI=1S/C30H33N9O2/c1-21-16-23(8-9-26(21)41-24-10-14-38-27(17-24)31-19-33-38)35-30-29-25(11-15-39(29)34-20-32-30)22-6-4-13-37(18-22)28(40)7-5-12-36(2)3/h5,7-11,14-17,19-20,22H,4,6,12-13,18H2,1-3H3,(H,32,34,35)/b7-5+. The Labute approximate surface area is 238 Å². The summed E-state index contributed by atoms with van der Waals surface area (Å²) in [7, 11) is 3.98. The fraction of sp³-hybridized carbons (Fsp3) is 0.300. The van der Waals surface area contributed by atoms with Crippen molar-refractivity contribution in [1.82, 2.24) is 39.0 Å². The lowest BCUT2D eigenvalue weighted by molar-refractivity contribution is -0.127. The molecular weight excluding hydrogens is 518 g/mol. The van der Waals surface area contributed by atoms with Gasteiger partial charge in [-0.15, -0.1) is 0 Å². The van der Waals surface area contributed by atoms with Crippen LogP contribution in [0, 0.1) is 6.92 Å². The molecule has 6 rings (SSSR count). The first-order chi connectivity index (χ1) is 19.9. The van der Waals surface area contributed by atoms with Crippen LogP contribution >= 0.6 is 0 Å². The maximum atomic E-state index is 12.8. The van der Waals surface area contributed by atoms with Crippen LogP contribution in [0.5, 0.6) is 11.5 Å². The summed E-state index contributed by atoms with van der Waals surface area (Å²) in [6, 6.07) is 11.8. The Morgan fingerprint density at radius 1 is 1.10 bits per heavy atom. The highest BCUT2D eigenvalue weighted by atomic mass is 16.5. The minimum absolute atomic E-state index is 0.0637. The third-order valence-corrected chi connectivity index (χ3v) is 7.31. The maximum absolute atomic E-state index is 12.8. The number of aromatic nitrogens is 6. The number of ether oxygens (including phenoxy) is 1. The number of rotatable bonds is 8. The Kier molecular flexibility index (Phi) is 7.34. The summed E-state index contributed by atoms with van der Waals surface area (Å²) >= 11 is 0. The molecule has 41 heavy (non-hydrogen) atoms. The zero-order valence-corrected chi connectivity index (χ0v) is 23.4. The number of aryl methyl sites for hydroxylation is 1. The first-order valence-corrected chi connectivity index (χ1v) is 13.7. The topological polar surface area (TPSA) is 105 Å². The van der Waals surface area contributed by atoms with Gasteiger partial charge in [0, 0.05) is 55.8 Å². The van der Waals surface area contributed by atoms with Gasteiger partial charge in [0.05, 0.1) is 0 Å². The summed E-state index contributed by atoms with van der Waals surface area (Å²) in [6.07, 6.45) is 12.4. The molecule has 4 aromatic heterocycles. The molecule has 5 aromatic rings. The summed E-state index contributed by atoms with van der Waals surface area (Å²) in [5.41, 5.74) is 4.65. The van der Waals surface area contributed by atoms with E-state index in [0.29, 0.717) is 12.3 Å². The molecule has 1 N–H and O–H groups in total. The lowest BCUT2D eigenvalue weighted by atomic mass is 9.91. The van der Waals surface area contributed by atoms with Gasteiger partial charge in [0.15, 0.2) is 11.5 Å². The molecule has 11 nitrogen and oxygen atoms in total. The molecule has 1 fully saturated rings. The van der Waals surface area contributed by atoms with Crippen molar-refractivity contribution in [3.05, 3.63) is 84.7 Å². The lowest BCUT2D eigenvalue weighted by Crippen LogP contribution is -2.38. The van der Waals surface area contributed by atoms with Crippen molar-refractivity contribution in [2.24, 2.45) is 0 Å². The quantitative estimate of drug-likeness (QED) is 0.282. The van der Waals surface area contributed by atoms with Gasteiger partial charge in [-0.2, -0.15) is 10.2 Å². The van der Waals surface area contributed by atoms with Gasteiger partial charge in [-0.25, -0.2) is 19.0 Å². The predicted octanol–water partition coefficient (Wildman–Crippen LogP) is 4.44. The molecule has 0 radical (unpaired) electrons. The third-order valence-electron chi connectivity index (χ3n) is 7.31. The van der Waals surface area contributed by atoms with E-state index in [1.807, 2.05) is 84.1 Å². The number of pyridine rings is 1. The van der Waals surface area contributed by atoms with Crippen LogP contribution in [0.15, 0.2) is 73.6 Å². The van der Waals surface area contributed by atoms with Crippen molar-refractivity contribution in [3.63, 3.8) is 0 Å². The van der Waals surface area contributed by atoms with Gasteiger partial charge in [0.1, 0.15) is 29.7 Å². The van der Waals surface area contributed by atoms with E-state index in [2.05, 4.69) is 31.5 Å². The molecule has 1 aliphatic rings. The number of hydrogen-bond acceptors (Lipinski definition) is 8. The van der Waals surface area contributed by atoms with Gasteiger partial charge in [0.25, 0.3) is 0 Å². The summed E-state index contributed by atoms with van der Waals surface area (Å²) in [6.45, 7) is 4.19. The van der Waals surface area contributed by atoms with E-state index >= 15 is 0 Å². The van der Waals surface area contributed by atoms with Crippen LogP contribution < -0.4 is 10.1 Å². The zero-order chi connectivity index (χ0) is 28.3. The summed E-state index contributed by atoms with van der Waals surface area (Å²) in [4.78, 5) is 25.6. The Balaban J connectivity index is 1.20. The number of likely N-dealkylation sites (tertiary alicyclic amines) is 1. The van der Waals surface area contributed by atoms with Crippen LogP contribution in [-0.4, -0.2) is 78.6 Å². The molecule has 1 unspecified atom stereocenters. The number of likely N-dealkylation sites (N-methyl/N-ethyl adjacent to an activating group) is 1. The molecule has 1 saturated heterocycles. The number of piperidine rings is 1. The number of fused-ring (bicyclic) bond motifs is 2. The average Bonchev–Trinajstić information content (AvgIpc) is 3.62. The van der Waals surface area contributed by atoms with E-state index in [9.17, 15) is 4.79 Å². The van der Waals surface area contributed by atoms with Crippen molar-refractivity contribution in [1.29, 1.82) is 0 Å². The van der Waals surface area contributed by atoms with Crippen molar-refractivity contribution in [2.75, 3.05) is 39.0 Å². The Bertz CT molecular complexity index is 1720. The number of anilines is 2. The van der Waals surface area contributed by atoms with Gasteiger partial charge in [0.2, 0.25) is 5.91 Å². The SMILES string of the molecule is Cc1cc(Nc2ncnn3ccc(C4CCCN(C(=O)/C=C/CN(C)C)C4)c23)ccc1Oc1ccn2ncnc2c1. The van der Waals surface area contributed by atoms with Gasteiger partial charge < -0.3 is 19.9 Å². The van der Waals surface area contributed by atoms with E-state index in [1.54, 1.807) is 16.9 Å². The maximum Gasteiger partial charge on any atom is 0.246 e. The number of benzene rings is 1. The fourth-order valence-corrected chi connectivity index (χ4v) is 5.27. The van der Waals surface area contributed by atoms with Crippen LogP contribution in [0.4, 0.5) is 11.5 Å². The van der Waals surface area contributed by atoms with Crippen LogP contribution in [0.1, 0.15) is 29.9 Å². The molecule has 210 valence electrons. The highest BCUT2D eigenvalue weighted by Crippen LogP contribution is 2.34. The number of carbonyl (C=O) groups is 1. The Hall–Kier alpha value is -4.77. The van der Waals surface area contributed by atoms with E-state index in [4.69, 9.17) is 4.74 Å². The van der Waals surface area contributed by atoms with E-state index in [-0.39, 0.29) is 11.8 Å². The Morgan fingerprint density at radius 2 is 1.93 bits per heavy atom. The molecule has 11 heteroatoms. The molecular formula is C30H33N9O2. The van der Waals surface area contributed by atoms with E-state index in [0.717, 1.165) is 65.5 Å². The summed E-state index contributed by atoms with van der Waals surface area (Å²) < 4.78 is 9.68. The van der Waals surface area contributed by atoms with Crippen LogP contribution in [0.2, 0.25) is 0 Å². The number of nitrogens with zero attached hydrogens (tertiary/aromatic N) is 8. The minimum atomic E-state index is 0.0637. The second-order valence-electron chi connectivity index (χ2n) is 10.6. The molecule has 1 amide bonds. The minimum Gasteiger partial charge on any atom is -0.457 e. The molecule has 0 aliphatic carbocycles. The van der Waals surface area contributed by atoms with Crippen molar-refractivity contribution >= 4 is 28.6 Å². The third kappa shape index (κ3) is 5.75. The Morgan fingerprint density at radius 3 is 2.78 bits per heavy atom. The number of nitrogens with one attached hydrogen (secondary N) is 1. The number of carbonyl (C=O) groups excluding carboxylic acids is 1. The van der Waals surface area contributed by atoms with Crippen LogP contribution in [-0.2, 0) is 4.79 Å². The molecule has 0 bridgehead atoms.